The molecule has 0 amide bonds. The monoisotopic (exact) mass is 261 g/mol. The third-order valence-corrected chi connectivity index (χ3v) is 4.93. The van der Waals surface area contributed by atoms with Crippen molar-refractivity contribution in [3.05, 3.63) is 23.8 Å². The van der Waals surface area contributed by atoms with E-state index < -0.39 is 0 Å². The van der Waals surface area contributed by atoms with Crippen molar-refractivity contribution in [2.45, 2.75) is 31.6 Å². The molecule has 1 aliphatic carbocycles. The lowest BCUT2D eigenvalue weighted by atomic mass is 9.66. The summed E-state index contributed by atoms with van der Waals surface area (Å²) < 4.78 is 10.7. The fourth-order valence-corrected chi connectivity index (χ4v) is 3.50. The van der Waals surface area contributed by atoms with Gasteiger partial charge in [0.25, 0.3) is 0 Å². The van der Waals surface area contributed by atoms with E-state index >= 15 is 0 Å². The van der Waals surface area contributed by atoms with Crippen LogP contribution in [0.25, 0.3) is 0 Å². The van der Waals surface area contributed by atoms with Gasteiger partial charge in [-0.15, -0.1) is 0 Å². The Morgan fingerprint density at radius 1 is 1.05 bits per heavy atom. The first-order valence-corrected chi connectivity index (χ1v) is 7.19. The number of hydrogen-bond donors (Lipinski definition) is 1. The number of benzene rings is 1. The van der Waals surface area contributed by atoms with Crippen LogP contribution in [0.4, 0.5) is 0 Å². The van der Waals surface area contributed by atoms with Crippen LogP contribution in [0.3, 0.4) is 0 Å². The van der Waals surface area contributed by atoms with Crippen LogP contribution in [0.1, 0.15) is 37.2 Å². The second kappa shape index (κ2) is 5.04. The summed E-state index contributed by atoms with van der Waals surface area (Å²) in [6.45, 7) is 2.46. The Hall–Kier alpha value is -1.22. The van der Waals surface area contributed by atoms with Gasteiger partial charge in [0.2, 0.25) is 0 Å². The highest BCUT2D eigenvalue weighted by molar-refractivity contribution is 5.44. The van der Waals surface area contributed by atoms with E-state index in [1.165, 1.54) is 44.3 Å². The first kappa shape index (κ1) is 12.8. The zero-order valence-corrected chi connectivity index (χ0v) is 11.9. The zero-order valence-electron chi connectivity index (χ0n) is 11.9. The van der Waals surface area contributed by atoms with Gasteiger partial charge in [-0.1, -0.05) is 6.07 Å². The molecule has 3 heteroatoms. The molecular weight excluding hydrogens is 238 g/mol. The molecule has 0 atom stereocenters. The molecule has 1 saturated carbocycles. The van der Waals surface area contributed by atoms with Crippen LogP contribution in [-0.4, -0.2) is 27.3 Å². The molecule has 2 aliphatic rings. The van der Waals surface area contributed by atoms with E-state index in [0.29, 0.717) is 11.3 Å². The molecule has 0 unspecified atom stereocenters. The van der Waals surface area contributed by atoms with Gasteiger partial charge in [-0.3, -0.25) is 0 Å². The molecule has 2 fully saturated rings. The molecule has 104 valence electrons. The van der Waals surface area contributed by atoms with Crippen molar-refractivity contribution in [2.24, 2.45) is 5.41 Å². The maximum absolute atomic E-state index is 5.41. The molecule has 1 spiro atoms. The number of hydrogen-bond acceptors (Lipinski definition) is 3. The van der Waals surface area contributed by atoms with Crippen molar-refractivity contribution in [1.29, 1.82) is 0 Å². The third-order valence-electron chi connectivity index (χ3n) is 4.93. The van der Waals surface area contributed by atoms with E-state index in [1.807, 2.05) is 6.07 Å². The Morgan fingerprint density at radius 3 is 2.26 bits per heavy atom. The summed E-state index contributed by atoms with van der Waals surface area (Å²) in [5.41, 5.74) is 2.03. The smallest absolute Gasteiger partial charge is 0.160 e. The van der Waals surface area contributed by atoms with Crippen LogP contribution >= 0.6 is 0 Å². The summed E-state index contributed by atoms with van der Waals surface area (Å²) in [5, 5.41) is 3.42. The standard InChI is InChI=1S/C16H23NO2/c1-18-14-4-3-13(9-15(14)19-2)12-5-7-16(8-6-12)10-17-11-16/h3-4,9,12,17H,5-8,10-11H2,1-2H3. The van der Waals surface area contributed by atoms with Gasteiger partial charge in [-0.2, -0.15) is 0 Å². The van der Waals surface area contributed by atoms with Gasteiger partial charge in [0.05, 0.1) is 14.2 Å². The van der Waals surface area contributed by atoms with E-state index in [9.17, 15) is 0 Å². The van der Waals surface area contributed by atoms with Crippen molar-refractivity contribution >= 4 is 0 Å². The quantitative estimate of drug-likeness (QED) is 0.907. The highest BCUT2D eigenvalue weighted by Gasteiger charge is 2.40. The molecule has 19 heavy (non-hydrogen) atoms. The third kappa shape index (κ3) is 2.32. The molecule has 1 aliphatic heterocycles. The molecule has 0 bridgehead atoms. The number of nitrogens with one attached hydrogen (secondary N) is 1. The van der Waals surface area contributed by atoms with Gasteiger partial charge >= 0.3 is 0 Å². The Balaban J connectivity index is 1.72. The first-order chi connectivity index (χ1) is 9.26. The number of rotatable bonds is 3. The molecule has 3 rings (SSSR count). The van der Waals surface area contributed by atoms with Crippen LogP contribution in [0.5, 0.6) is 11.5 Å². The normalized spacial score (nSPS) is 22.0. The van der Waals surface area contributed by atoms with E-state index in [1.54, 1.807) is 14.2 Å². The van der Waals surface area contributed by atoms with Gasteiger partial charge in [-0.05, 0) is 54.7 Å². The van der Waals surface area contributed by atoms with Crippen molar-refractivity contribution < 1.29 is 9.47 Å². The lowest BCUT2D eigenvalue weighted by molar-refractivity contribution is 0.0974. The van der Waals surface area contributed by atoms with Crippen LogP contribution < -0.4 is 14.8 Å². The van der Waals surface area contributed by atoms with Crippen molar-refractivity contribution in [1.82, 2.24) is 5.32 Å². The Morgan fingerprint density at radius 2 is 1.74 bits per heavy atom. The summed E-state index contributed by atoms with van der Waals surface area (Å²) >= 11 is 0. The topological polar surface area (TPSA) is 30.5 Å². The highest BCUT2D eigenvalue weighted by atomic mass is 16.5. The maximum atomic E-state index is 5.41. The summed E-state index contributed by atoms with van der Waals surface area (Å²) in [5.74, 6) is 2.36. The number of methoxy groups -OCH3 is 2. The van der Waals surface area contributed by atoms with Gasteiger partial charge in [-0.25, -0.2) is 0 Å². The zero-order chi connectivity index (χ0) is 13.3. The van der Waals surface area contributed by atoms with Gasteiger partial charge in [0, 0.05) is 13.1 Å². The predicted octanol–water partition coefficient (Wildman–Crippen LogP) is 2.95. The van der Waals surface area contributed by atoms with Crippen molar-refractivity contribution in [3.63, 3.8) is 0 Å². The average molecular weight is 261 g/mol. The molecule has 1 aromatic carbocycles. The molecule has 3 nitrogen and oxygen atoms in total. The molecule has 1 saturated heterocycles. The van der Waals surface area contributed by atoms with Crippen LogP contribution in [0.15, 0.2) is 18.2 Å². The van der Waals surface area contributed by atoms with Crippen LogP contribution in [-0.2, 0) is 0 Å². The van der Waals surface area contributed by atoms with Gasteiger partial charge in [0.15, 0.2) is 11.5 Å². The van der Waals surface area contributed by atoms with Gasteiger partial charge < -0.3 is 14.8 Å². The number of ether oxygens (including phenoxy) is 2. The Kier molecular flexibility index (Phi) is 3.40. The maximum Gasteiger partial charge on any atom is 0.160 e. The van der Waals surface area contributed by atoms with E-state index in [4.69, 9.17) is 9.47 Å². The van der Waals surface area contributed by atoms with Crippen LogP contribution in [0.2, 0.25) is 0 Å². The van der Waals surface area contributed by atoms with E-state index in [0.717, 1.165) is 11.5 Å². The predicted molar refractivity (Wildman–Crippen MR) is 76.1 cm³/mol. The second-order valence-corrected chi connectivity index (χ2v) is 5.99. The largest absolute Gasteiger partial charge is 0.493 e. The van der Waals surface area contributed by atoms with Crippen molar-refractivity contribution in [3.8, 4) is 11.5 Å². The lowest BCUT2D eigenvalue weighted by Gasteiger charge is -2.47. The molecule has 0 aromatic heterocycles. The van der Waals surface area contributed by atoms with Gasteiger partial charge in [0.1, 0.15) is 0 Å². The second-order valence-electron chi connectivity index (χ2n) is 5.99. The molecule has 1 N–H and O–H groups in total. The molecule has 0 radical (unpaired) electrons. The van der Waals surface area contributed by atoms with Crippen molar-refractivity contribution in [2.75, 3.05) is 27.3 Å². The summed E-state index contributed by atoms with van der Waals surface area (Å²) in [7, 11) is 3.39. The molecule has 1 aromatic rings. The lowest BCUT2D eigenvalue weighted by Crippen LogP contribution is -2.54. The average Bonchev–Trinajstić information content (AvgIpc) is 2.45. The minimum absolute atomic E-state index is 0.632. The SMILES string of the molecule is COc1ccc(C2CCC3(CC2)CNC3)cc1OC. The van der Waals surface area contributed by atoms with E-state index in [-0.39, 0.29) is 0 Å². The minimum atomic E-state index is 0.632. The van der Waals surface area contributed by atoms with E-state index in [2.05, 4.69) is 17.4 Å². The molecule has 1 heterocycles. The summed E-state index contributed by atoms with van der Waals surface area (Å²) in [4.78, 5) is 0. The fourth-order valence-electron chi connectivity index (χ4n) is 3.50. The summed E-state index contributed by atoms with van der Waals surface area (Å²) in [6.07, 6.45) is 5.33. The highest BCUT2D eigenvalue weighted by Crippen LogP contribution is 2.46. The minimum Gasteiger partial charge on any atom is -0.493 e. The Labute approximate surface area is 115 Å². The Bertz CT molecular complexity index is 444. The fraction of sp³-hybridized carbons (Fsp3) is 0.625. The molecular formula is C16H23NO2. The first-order valence-electron chi connectivity index (χ1n) is 7.19. The summed E-state index contributed by atoms with van der Waals surface area (Å²) in [6, 6.07) is 6.38. The van der Waals surface area contributed by atoms with Crippen LogP contribution in [0, 0.1) is 5.41 Å².